The van der Waals surface area contributed by atoms with E-state index >= 15 is 0 Å². The average molecular weight is 697 g/mol. The van der Waals surface area contributed by atoms with Crippen LogP contribution in [-0.2, 0) is 16.2 Å². The minimum Gasteiger partial charge on any atom is -0.493 e. The molecule has 0 bridgehead atoms. The molecular weight excluding hydrogens is 674 g/mol. The molecule has 1 heterocycles. The molecule has 1 aliphatic rings. The summed E-state index contributed by atoms with van der Waals surface area (Å²) in [5.41, 5.74) is 4.21. The number of carbonyl (C=O) groups excluding carboxylic acids is 3. The molecule has 1 saturated heterocycles. The maximum absolute atomic E-state index is 13.0. The van der Waals surface area contributed by atoms with Crippen molar-refractivity contribution in [2.75, 3.05) is 19.0 Å². The van der Waals surface area contributed by atoms with E-state index in [1.807, 2.05) is 38.1 Å². The number of thioether (sulfide) groups is 1. The molecule has 0 spiro atoms. The van der Waals surface area contributed by atoms with Gasteiger partial charge in [-0.3, -0.25) is 19.3 Å². The van der Waals surface area contributed by atoms with Crippen LogP contribution in [0.25, 0.3) is 6.08 Å². The van der Waals surface area contributed by atoms with Crippen molar-refractivity contribution in [1.82, 2.24) is 4.90 Å². The highest BCUT2D eigenvalue weighted by Gasteiger charge is 2.36. The number of nitrogens with zero attached hydrogens (tertiary/aromatic N) is 1. The molecule has 0 radical (unpaired) electrons. The number of rotatable bonds is 8. The number of halogens is 3. The van der Waals surface area contributed by atoms with Gasteiger partial charge in [-0.05, 0) is 113 Å². The van der Waals surface area contributed by atoms with Gasteiger partial charge in [0.25, 0.3) is 11.1 Å². The fourth-order valence-corrected chi connectivity index (χ4v) is 5.64. The summed E-state index contributed by atoms with van der Waals surface area (Å²) >= 11 is 15.0. The third-order valence-electron chi connectivity index (χ3n) is 5.88. The predicted octanol–water partition coefficient (Wildman–Crippen LogP) is 7.48. The number of methoxy groups -OCH3 is 1. The first-order valence-corrected chi connectivity index (χ1v) is 14.3. The lowest BCUT2D eigenvalue weighted by Crippen LogP contribution is -2.36. The molecule has 3 amide bonds. The molecule has 1 aliphatic heterocycles. The number of nitrogens with one attached hydrogen (secondary N) is 1. The van der Waals surface area contributed by atoms with Crippen LogP contribution in [0.3, 0.4) is 0 Å². The first-order chi connectivity index (χ1) is 18.5. The third-order valence-corrected chi connectivity index (χ3v) is 8.33. The summed E-state index contributed by atoms with van der Waals surface area (Å²) in [7, 11) is 1.52. The van der Waals surface area contributed by atoms with Gasteiger partial charge in [0.2, 0.25) is 5.91 Å². The van der Waals surface area contributed by atoms with Crippen LogP contribution in [0, 0.1) is 17.4 Å². The van der Waals surface area contributed by atoms with Gasteiger partial charge in [0.1, 0.15) is 13.2 Å². The monoisotopic (exact) mass is 696 g/mol. The molecular formula is C28H23Cl2IN2O5S. The normalized spacial score (nSPS) is 14.2. The highest BCUT2D eigenvalue weighted by atomic mass is 127. The Bertz CT molecular complexity index is 1510. The molecule has 3 aromatic carbocycles. The van der Waals surface area contributed by atoms with E-state index in [0.29, 0.717) is 32.8 Å². The SMILES string of the molecule is COc1cc(/C=C2/SC(=O)N(CC(=O)Nc3ccc(C)c(C)c3)C2=O)cc(I)c1OCc1ccc(Cl)c(Cl)c1. The van der Waals surface area contributed by atoms with E-state index in [4.69, 9.17) is 32.7 Å². The van der Waals surface area contributed by atoms with Gasteiger partial charge in [-0.15, -0.1) is 0 Å². The van der Waals surface area contributed by atoms with E-state index in [-0.39, 0.29) is 18.1 Å². The van der Waals surface area contributed by atoms with Gasteiger partial charge in [0.05, 0.1) is 25.6 Å². The molecule has 0 aliphatic carbocycles. The minimum absolute atomic E-state index is 0.210. The van der Waals surface area contributed by atoms with Crippen LogP contribution in [0.1, 0.15) is 22.3 Å². The molecule has 11 heteroatoms. The van der Waals surface area contributed by atoms with Crippen molar-refractivity contribution in [3.05, 3.63) is 89.3 Å². The van der Waals surface area contributed by atoms with Gasteiger partial charge >= 0.3 is 0 Å². The number of anilines is 1. The van der Waals surface area contributed by atoms with Crippen molar-refractivity contribution in [2.45, 2.75) is 20.5 Å². The molecule has 202 valence electrons. The van der Waals surface area contributed by atoms with Gasteiger partial charge in [0.15, 0.2) is 11.5 Å². The molecule has 3 aromatic rings. The number of benzene rings is 3. The van der Waals surface area contributed by atoms with Gasteiger partial charge in [0, 0.05) is 5.69 Å². The Kier molecular flexibility index (Phi) is 9.47. The summed E-state index contributed by atoms with van der Waals surface area (Å²) < 4.78 is 12.3. The number of imide groups is 1. The standard InChI is InChI=1S/C28H23Cl2IN2O5S/c1-15-4-6-19(8-16(15)2)32-25(34)13-33-27(35)24(39-28(33)36)12-18-10-22(31)26(23(11-18)37-3)38-14-17-5-7-20(29)21(30)9-17/h4-12H,13-14H2,1-3H3,(H,32,34)/b24-12+. The Morgan fingerprint density at radius 1 is 1.05 bits per heavy atom. The number of hydrogen-bond acceptors (Lipinski definition) is 6. The third kappa shape index (κ3) is 7.08. The molecule has 0 aromatic heterocycles. The van der Waals surface area contributed by atoms with E-state index in [1.165, 1.54) is 7.11 Å². The summed E-state index contributed by atoms with van der Waals surface area (Å²) in [6.45, 7) is 3.78. The summed E-state index contributed by atoms with van der Waals surface area (Å²) in [6, 6.07) is 14.3. The zero-order chi connectivity index (χ0) is 28.3. The Labute approximate surface area is 254 Å². The lowest BCUT2D eigenvalue weighted by atomic mass is 10.1. The predicted molar refractivity (Wildman–Crippen MR) is 164 cm³/mol. The molecule has 39 heavy (non-hydrogen) atoms. The lowest BCUT2D eigenvalue weighted by molar-refractivity contribution is -0.127. The topological polar surface area (TPSA) is 84.9 Å². The highest BCUT2D eigenvalue weighted by Crippen LogP contribution is 2.38. The maximum atomic E-state index is 13.0. The van der Waals surface area contributed by atoms with Crippen molar-refractivity contribution < 1.29 is 23.9 Å². The van der Waals surface area contributed by atoms with Gasteiger partial charge in [-0.1, -0.05) is 35.3 Å². The molecule has 0 saturated carbocycles. The van der Waals surface area contributed by atoms with Crippen LogP contribution in [0.2, 0.25) is 10.0 Å². The van der Waals surface area contributed by atoms with Crippen molar-refractivity contribution in [3.8, 4) is 11.5 Å². The smallest absolute Gasteiger partial charge is 0.294 e. The molecule has 4 rings (SSSR count). The quantitative estimate of drug-likeness (QED) is 0.194. The highest BCUT2D eigenvalue weighted by molar-refractivity contribution is 14.1. The minimum atomic E-state index is -0.533. The first kappa shape index (κ1) is 29.3. The van der Waals surface area contributed by atoms with Gasteiger partial charge in [-0.25, -0.2) is 0 Å². The zero-order valence-electron chi connectivity index (χ0n) is 21.1. The zero-order valence-corrected chi connectivity index (χ0v) is 25.6. The Morgan fingerprint density at radius 2 is 1.82 bits per heavy atom. The average Bonchev–Trinajstić information content (AvgIpc) is 3.14. The van der Waals surface area contributed by atoms with Crippen LogP contribution < -0.4 is 14.8 Å². The maximum Gasteiger partial charge on any atom is 0.294 e. The number of amides is 3. The van der Waals surface area contributed by atoms with E-state index in [9.17, 15) is 14.4 Å². The second kappa shape index (κ2) is 12.6. The lowest BCUT2D eigenvalue weighted by Gasteiger charge is -2.14. The molecule has 0 unspecified atom stereocenters. The Hall–Kier alpha value is -2.73. The molecule has 0 atom stereocenters. The summed E-state index contributed by atoms with van der Waals surface area (Å²) in [5.74, 6) is -0.00620. The second-order valence-electron chi connectivity index (χ2n) is 8.69. The fraction of sp³-hybridized carbons (Fsp3) is 0.179. The first-order valence-electron chi connectivity index (χ1n) is 11.6. The van der Waals surface area contributed by atoms with E-state index in [2.05, 4.69) is 27.9 Å². The van der Waals surface area contributed by atoms with E-state index < -0.39 is 17.1 Å². The summed E-state index contributed by atoms with van der Waals surface area (Å²) in [5, 5.41) is 3.13. The van der Waals surface area contributed by atoms with Crippen molar-refractivity contribution in [3.63, 3.8) is 0 Å². The number of carbonyl (C=O) groups is 3. The Morgan fingerprint density at radius 3 is 2.51 bits per heavy atom. The van der Waals surface area contributed by atoms with Gasteiger partial charge in [-0.2, -0.15) is 0 Å². The fourth-order valence-electron chi connectivity index (χ4n) is 3.70. The molecule has 1 N–H and O–H groups in total. The van der Waals surface area contributed by atoms with Crippen molar-refractivity contribution in [1.29, 1.82) is 0 Å². The summed E-state index contributed by atoms with van der Waals surface area (Å²) in [4.78, 5) is 39.2. The second-order valence-corrected chi connectivity index (χ2v) is 11.7. The number of aryl methyl sites for hydroxylation is 2. The van der Waals surface area contributed by atoms with E-state index in [1.54, 1.807) is 30.3 Å². The van der Waals surface area contributed by atoms with Crippen LogP contribution >= 0.6 is 57.6 Å². The number of hydrogen-bond donors (Lipinski definition) is 1. The van der Waals surface area contributed by atoms with Crippen molar-refractivity contribution >= 4 is 86.4 Å². The van der Waals surface area contributed by atoms with Crippen LogP contribution in [-0.4, -0.2) is 35.6 Å². The number of ether oxygens (including phenoxy) is 2. The van der Waals surface area contributed by atoms with E-state index in [0.717, 1.165) is 36.9 Å². The Balaban J connectivity index is 1.46. The van der Waals surface area contributed by atoms with Crippen LogP contribution in [0.4, 0.5) is 10.5 Å². The van der Waals surface area contributed by atoms with Crippen LogP contribution in [0.15, 0.2) is 53.4 Å². The largest absolute Gasteiger partial charge is 0.493 e. The molecule has 1 fully saturated rings. The van der Waals surface area contributed by atoms with Gasteiger partial charge < -0.3 is 14.8 Å². The van der Waals surface area contributed by atoms with Crippen LogP contribution in [0.5, 0.6) is 11.5 Å². The summed E-state index contributed by atoms with van der Waals surface area (Å²) in [6.07, 6.45) is 1.60. The molecule has 7 nitrogen and oxygen atoms in total. The van der Waals surface area contributed by atoms with Crippen molar-refractivity contribution in [2.24, 2.45) is 0 Å².